The molecule has 0 radical (unpaired) electrons. The van der Waals surface area contributed by atoms with Gasteiger partial charge in [0.15, 0.2) is 0 Å². The Balaban J connectivity index is 2.16. The molecule has 2 aromatic rings. The van der Waals surface area contributed by atoms with Gasteiger partial charge in [-0.2, -0.15) is 0 Å². The van der Waals surface area contributed by atoms with Gasteiger partial charge < -0.3 is 20.6 Å². The standard InChI is InChI=1S/C14H11NO5/c16-11-5-9(6-12(17)7-11)13(18)15-10-3-1-8(2-4-10)14(19)20/h1-7,16-17H,(H,15,18)(H,19,20). The molecule has 0 spiro atoms. The fourth-order valence-electron chi connectivity index (χ4n) is 1.63. The number of anilines is 1. The predicted molar refractivity (Wildman–Crippen MR) is 71.1 cm³/mol. The van der Waals surface area contributed by atoms with Crippen LogP contribution in [0.1, 0.15) is 20.7 Å². The molecule has 6 heteroatoms. The molecular weight excluding hydrogens is 262 g/mol. The van der Waals surface area contributed by atoms with E-state index in [0.29, 0.717) is 5.69 Å². The summed E-state index contributed by atoms with van der Waals surface area (Å²) in [5.41, 5.74) is 0.602. The van der Waals surface area contributed by atoms with Crippen LogP contribution >= 0.6 is 0 Å². The molecule has 0 saturated carbocycles. The third kappa shape index (κ3) is 3.05. The maximum atomic E-state index is 11.9. The molecule has 0 saturated heterocycles. The summed E-state index contributed by atoms with van der Waals surface area (Å²) in [6.07, 6.45) is 0. The maximum Gasteiger partial charge on any atom is 0.335 e. The largest absolute Gasteiger partial charge is 0.508 e. The minimum absolute atomic E-state index is 0.0878. The molecule has 0 aliphatic heterocycles. The van der Waals surface area contributed by atoms with Gasteiger partial charge in [0.05, 0.1) is 5.56 Å². The van der Waals surface area contributed by atoms with Crippen LogP contribution in [0.3, 0.4) is 0 Å². The van der Waals surface area contributed by atoms with Gasteiger partial charge in [-0.25, -0.2) is 4.79 Å². The third-order valence-electron chi connectivity index (χ3n) is 2.55. The molecule has 4 N–H and O–H groups in total. The van der Waals surface area contributed by atoms with Gasteiger partial charge in [-0.3, -0.25) is 4.79 Å². The van der Waals surface area contributed by atoms with Gasteiger partial charge in [0.25, 0.3) is 5.91 Å². The number of carboxylic acid groups (broad SMARTS) is 1. The Morgan fingerprint density at radius 3 is 1.90 bits per heavy atom. The van der Waals surface area contributed by atoms with Crippen molar-refractivity contribution in [1.29, 1.82) is 0 Å². The lowest BCUT2D eigenvalue weighted by Gasteiger charge is -2.06. The van der Waals surface area contributed by atoms with Gasteiger partial charge in [0, 0.05) is 17.3 Å². The van der Waals surface area contributed by atoms with Crippen LogP contribution in [0, 0.1) is 0 Å². The third-order valence-corrected chi connectivity index (χ3v) is 2.55. The summed E-state index contributed by atoms with van der Waals surface area (Å²) in [5, 5.41) is 29.9. The molecule has 1 amide bonds. The summed E-state index contributed by atoms with van der Waals surface area (Å²) in [4.78, 5) is 22.6. The molecular formula is C14H11NO5. The number of amides is 1. The SMILES string of the molecule is O=C(O)c1ccc(NC(=O)c2cc(O)cc(O)c2)cc1. The highest BCUT2D eigenvalue weighted by molar-refractivity contribution is 6.05. The number of rotatable bonds is 3. The number of carbonyl (C=O) groups is 2. The minimum atomic E-state index is -1.05. The van der Waals surface area contributed by atoms with Gasteiger partial charge >= 0.3 is 5.97 Å². The Labute approximate surface area is 113 Å². The lowest BCUT2D eigenvalue weighted by molar-refractivity contribution is 0.0696. The monoisotopic (exact) mass is 273 g/mol. The number of carbonyl (C=O) groups excluding carboxylic acids is 1. The first-order valence-electron chi connectivity index (χ1n) is 5.63. The summed E-state index contributed by atoms with van der Waals surface area (Å²) in [6.45, 7) is 0. The number of benzene rings is 2. The van der Waals surface area contributed by atoms with E-state index in [1.807, 2.05) is 0 Å². The van der Waals surface area contributed by atoms with Crippen LogP contribution in [0.25, 0.3) is 0 Å². The van der Waals surface area contributed by atoms with Crippen LogP contribution in [-0.4, -0.2) is 27.2 Å². The lowest BCUT2D eigenvalue weighted by atomic mass is 10.1. The highest BCUT2D eigenvalue weighted by atomic mass is 16.4. The number of hydrogen-bond donors (Lipinski definition) is 4. The number of nitrogens with one attached hydrogen (secondary N) is 1. The predicted octanol–water partition coefficient (Wildman–Crippen LogP) is 2.05. The van der Waals surface area contributed by atoms with E-state index < -0.39 is 11.9 Å². The first kappa shape index (κ1) is 13.4. The molecule has 0 aliphatic rings. The zero-order chi connectivity index (χ0) is 14.7. The van der Waals surface area contributed by atoms with Crippen LogP contribution in [0.4, 0.5) is 5.69 Å². The minimum Gasteiger partial charge on any atom is -0.508 e. The number of phenols is 2. The molecule has 0 unspecified atom stereocenters. The van der Waals surface area contributed by atoms with E-state index in [2.05, 4.69) is 5.32 Å². The number of phenolic OH excluding ortho intramolecular Hbond substituents is 2. The van der Waals surface area contributed by atoms with Gasteiger partial charge in [0.1, 0.15) is 11.5 Å². The van der Waals surface area contributed by atoms with E-state index in [-0.39, 0.29) is 22.6 Å². The van der Waals surface area contributed by atoms with E-state index in [9.17, 15) is 19.8 Å². The van der Waals surface area contributed by atoms with Crippen molar-refractivity contribution in [3.63, 3.8) is 0 Å². The quantitative estimate of drug-likeness (QED) is 0.684. The zero-order valence-corrected chi connectivity index (χ0v) is 10.2. The van der Waals surface area contributed by atoms with E-state index in [4.69, 9.17) is 5.11 Å². The average Bonchev–Trinajstić information content (AvgIpc) is 2.38. The molecule has 0 aliphatic carbocycles. The van der Waals surface area contributed by atoms with Crippen LogP contribution in [-0.2, 0) is 0 Å². The Kier molecular flexibility index (Phi) is 3.56. The average molecular weight is 273 g/mol. The van der Waals surface area contributed by atoms with Crippen molar-refractivity contribution in [2.75, 3.05) is 5.32 Å². The fraction of sp³-hybridized carbons (Fsp3) is 0. The van der Waals surface area contributed by atoms with E-state index in [1.165, 1.54) is 36.4 Å². The normalized spacial score (nSPS) is 10.0. The molecule has 6 nitrogen and oxygen atoms in total. The van der Waals surface area contributed by atoms with Crippen molar-refractivity contribution in [2.45, 2.75) is 0 Å². The van der Waals surface area contributed by atoms with Crippen molar-refractivity contribution in [2.24, 2.45) is 0 Å². The van der Waals surface area contributed by atoms with Gasteiger partial charge in [-0.15, -0.1) is 0 Å². The van der Waals surface area contributed by atoms with E-state index in [0.717, 1.165) is 6.07 Å². The van der Waals surface area contributed by atoms with Gasteiger partial charge in [-0.1, -0.05) is 0 Å². The molecule has 2 aromatic carbocycles. The second kappa shape index (κ2) is 5.31. The number of carboxylic acids is 1. The summed E-state index contributed by atoms with van der Waals surface area (Å²) in [5.74, 6) is -2.03. The number of aromatic hydroxyl groups is 2. The second-order valence-electron chi connectivity index (χ2n) is 4.07. The van der Waals surface area contributed by atoms with Gasteiger partial charge in [-0.05, 0) is 36.4 Å². The van der Waals surface area contributed by atoms with Gasteiger partial charge in [0.2, 0.25) is 0 Å². The summed E-state index contributed by atoms with van der Waals surface area (Å²) in [7, 11) is 0. The summed E-state index contributed by atoms with van der Waals surface area (Å²) < 4.78 is 0. The van der Waals surface area contributed by atoms with E-state index in [1.54, 1.807) is 0 Å². The number of aromatic carboxylic acids is 1. The Morgan fingerprint density at radius 2 is 1.40 bits per heavy atom. The molecule has 0 bridgehead atoms. The molecule has 0 heterocycles. The smallest absolute Gasteiger partial charge is 0.335 e. The Morgan fingerprint density at radius 1 is 0.850 bits per heavy atom. The molecule has 0 atom stereocenters. The summed E-state index contributed by atoms with van der Waals surface area (Å²) in [6, 6.07) is 9.14. The molecule has 102 valence electrons. The van der Waals surface area contributed by atoms with Crippen molar-refractivity contribution in [1.82, 2.24) is 0 Å². The highest BCUT2D eigenvalue weighted by Crippen LogP contribution is 2.21. The van der Waals surface area contributed by atoms with Crippen LogP contribution in [0.15, 0.2) is 42.5 Å². The zero-order valence-electron chi connectivity index (χ0n) is 10.2. The lowest BCUT2D eigenvalue weighted by Crippen LogP contribution is -2.11. The summed E-state index contributed by atoms with van der Waals surface area (Å²) >= 11 is 0. The van der Waals surface area contributed by atoms with Crippen LogP contribution in [0.5, 0.6) is 11.5 Å². The van der Waals surface area contributed by atoms with Crippen molar-refractivity contribution >= 4 is 17.6 Å². The number of hydrogen-bond acceptors (Lipinski definition) is 4. The van der Waals surface area contributed by atoms with Crippen molar-refractivity contribution < 1.29 is 24.9 Å². The Hall–Kier alpha value is -3.02. The molecule has 2 rings (SSSR count). The molecule has 20 heavy (non-hydrogen) atoms. The first-order valence-corrected chi connectivity index (χ1v) is 5.63. The Bertz CT molecular complexity index is 644. The van der Waals surface area contributed by atoms with E-state index >= 15 is 0 Å². The molecule has 0 fully saturated rings. The highest BCUT2D eigenvalue weighted by Gasteiger charge is 2.09. The fourth-order valence-corrected chi connectivity index (χ4v) is 1.63. The maximum absolute atomic E-state index is 11.9. The van der Waals surface area contributed by atoms with Crippen molar-refractivity contribution in [3.05, 3.63) is 53.6 Å². The topological polar surface area (TPSA) is 107 Å². The van der Waals surface area contributed by atoms with Crippen LogP contribution < -0.4 is 5.32 Å². The second-order valence-corrected chi connectivity index (χ2v) is 4.07. The molecule has 0 aromatic heterocycles. The van der Waals surface area contributed by atoms with Crippen molar-refractivity contribution in [3.8, 4) is 11.5 Å². The van der Waals surface area contributed by atoms with Crippen LogP contribution in [0.2, 0.25) is 0 Å². The first-order chi connectivity index (χ1) is 9.45.